The molecule has 0 aromatic heterocycles. The molecule has 1 fully saturated rings. The predicted octanol–water partition coefficient (Wildman–Crippen LogP) is 1.60. The summed E-state index contributed by atoms with van der Waals surface area (Å²) in [6, 6.07) is 10.8. The number of rotatable bonds is 3. The molecule has 0 aliphatic heterocycles. The van der Waals surface area contributed by atoms with Gasteiger partial charge in [0.15, 0.2) is 17.2 Å². The Morgan fingerprint density at radius 2 is 1.71 bits per heavy atom. The fourth-order valence-electron chi connectivity index (χ4n) is 5.68. The third kappa shape index (κ3) is 3.34. The molecule has 7 N–H and O–H groups in total. The van der Waals surface area contributed by atoms with E-state index in [2.05, 4.69) is 0 Å². The van der Waals surface area contributed by atoms with Gasteiger partial charge in [-0.25, -0.2) is 0 Å². The standard InChI is InChI=1S/C28H23NO9/c1-11(30)13-7-5-12(6-8-13)9-15-14-3-2-4-17(31)19(14)24(34)22-20(15)23(33)16-10-18(32)21(27(29)37)25(35)28(16,38)26(22)36/h2-9,16,20,23,31,33-35,38H,10H2,1H3,(H2,29,37)/b15-9+/t16-,20-,23-,28-/m1/s1. The van der Waals surface area contributed by atoms with Gasteiger partial charge >= 0.3 is 0 Å². The summed E-state index contributed by atoms with van der Waals surface area (Å²) in [6.45, 7) is 1.41. The lowest BCUT2D eigenvalue weighted by atomic mass is 9.56. The Bertz CT molecular complexity index is 1550. The Hall–Kier alpha value is -4.54. The first-order chi connectivity index (χ1) is 17.9. The van der Waals surface area contributed by atoms with Crippen LogP contribution in [0.4, 0.5) is 0 Å². The molecule has 0 radical (unpaired) electrons. The highest BCUT2D eigenvalue weighted by Crippen LogP contribution is 2.55. The van der Waals surface area contributed by atoms with Crippen molar-refractivity contribution in [2.24, 2.45) is 17.6 Å². The number of phenolic OH excluding ortho intramolecular Hbond substituents is 1. The van der Waals surface area contributed by atoms with Crippen LogP contribution in [0.1, 0.15) is 40.4 Å². The number of phenols is 1. The number of hydrogen-bond acceptors (Lipinski definition) is 9. The molecule has 3 aliphatic carbocycles. The minimum absolute atomic E-state index is 0.140. The maximum Gasteiger partial charge on any atom is 0.255 e. The number of primary amides is 1. The van der Waals surface area contributed by atoms with Crippen LogP contribution < -0.4 is 5.73 Å². The van der Waals surface area contributed by atoms with Gasteiger partial charge in [-0.15, -0.1) is 0 Å². The summed E-state index contributed by atoms with van der Waals surface area (Å²) in [5.74, 6) is -8.97. The third-order valence-corrected chi connectivity index (χ3v) is 7.54. The van der Waals surface area contributed by atoms with Gasteiger partial charge < -0.3 is 31.3 Å². The van der Waals surface area contributed by atoms with Gasteiger partial charge in [-0.05, 0) is 29.7 Å². The van der Waals surface area contributed by atoms with E-state index in [1.165, 1.54) is 19.1 Å². The molecule has 0 saturated heterocycles. The lowest BCUT2D eigenvalue weighted by Gasteiger charge is -2.49. The average molecular weight is 517 g/mol. The van der Waals surface area contributed by atoms with Gasteiger partial charge in [-0.3, -0.25) is 19.2 Å². The van der Waals surface area contributed by atoms with Crippen molar-refractivity contribution >= 4 is 40.7 Å². The van der Waals surface area contributed by atoms with Gasteiger partial charge in [-0.1, -0.05) is 42.5 Å². The molecule has 194 valence electrons. The summed E-state index contributed by atoms with van der Waals surface area (Å²) in [5, 5.41) is 55.4. The van der Waals surface area contributed by atoms with Gasteiger partial charge in [0.25, 0.3) is 5.91 Å². The van der Waals surface area contributed by atoms with Crippen LogP contribution in [-0.4, -0.2) is 60.5 Å². The summed E-state index contributed by atoms with van der Waals surface area (Å²) < 4.78 is 0. The zero-order valence-electron chi connectivity index (χ0n) is 20.0. The SMILES string of the molecule is CC(=O)c1ccc(/C=C2\c3cccc(O)c3C(O)=C3C(=O)[C@]4(O)C(O)=C(C(N)=O)C(=O)C[C@@H]4[C@@H](O)[C@@H]32)cc1. The Kier molecular flexibility index (Phi) is 5.62. The van der Waals surface area contributed by atoms with Gasteiger partial charge in [0.2, 0.25) is 5.78 Å². The number of fused-ring (bicyclic) bond motifs is 3. The molecule has 0 heterocycles. The highest BCUT2D eigenvalue weighted by Gasteiger charge is 2.64. The smallest absolute Gasteiger partial charge is 0.255 e. The van der Waals surface area contributed by atoms with E-state index in [4.69, 9.17) is 5.73 Å². The van der Waals surface area contributed by atoms with E-state index in [1.54, 1.807) is 36.4 Å². The van der Waals surface area contributed by atoms with Crippen molar-refractivity contribution in [2.75, 3.05) is 0 Å². The normalized spacial score (nSPS) is 27.7. The zero-order chi connectivity index (χ0) is 27.7. The number of benzene rings is 2. The van der Waals surface area contributed by atoms with Crippen LogP contribution in [0, 0.1) is 11.8 Å². The lowest BCUT2D eigenvalue weighted by Crippen LogP contribution is -2.63. The van der Waals surface area contributed by atoms with Crippen LogP contribution in [0.5, 0.6) is 5.75 Å². The molecule has 4 atom stereocenters. The van der Waals surface area contributed by atoms with Crippen molar-refractivity contribution in [1.29, 1.82) is 0 Å². The Balaban J connectivity index is 1.78. The average Bonchev–Trinajstić information content (AvgIpc) is 2.86. The van der Waals surface area contributed by atoms with Crippen LogP contribution >= 0.6 is 0 Å². The maximum atomic E-state index is 13.8. The number of aromatic hydroxyl groups is 1. The molecule has 38 heavy (non-hydrogen) atoms. The van der Waals surface area contributed by atoms with Gasteiger partial charge in [0.05, 0.1) is 17.2 Å². The molecule has 0 bridgehead atoms. The Morgan fingerprint density at radius 3 is 2.32 bits per heavy atom. The zero-order valence-corrected chi connectivity index (χ0v) is 20.0. The van der Waals surface area contributed by atoms with E-state index in [9.17, 15) is 44.7 Å². The van der Waals surface area contributed by atoms with Crippen LogP contribution in [0.25, 0.3) is 17.4 Å². The fourth-order valence-corrected chi connectivity index (χ4v) is 5.68. The lowest BCUT2D eigenvalue weighted by molar-refractivity contribution is -0.157. The molecule has 1 saturated carbocycles. The number of aliphatic hydroxyl groups is 4. The molecule has 0 unspecified atom stereocenters. The van der Waals surface area contributed by atoms with Crippen molar-refractivity contribution in [2.45, 2.75) is 25.0 Å². The van der Waals surface area contributed by atoms with E-state index < -0.39 is 75.8 Å². The minimum atomic E-state index is -2.92. The molecule has 10 nitrogen and oxygen atoms in total. The van der Waals surface area contributed by atoms with Gasteiger partial charge in [0.1, 0.15) is 22.8 Å². The number of nitrogens with two attached hydrogens (primary N) is 1. The largest absolute Gasteiger partial charge is 0.508 e. The fraction of sp³-hybridized carbons (Fsp3) is 0.214. The summed E-state index contributed by atoms with van der Waals surface area (Å²) >= 11 is 0. The topological polar surface area (TPSA) is 195 Å². The number of ketones is 3. The van der Waals surface area contributed by atoms with Gasteiger partial charge in [-0.2, -0.15) is 0 Å². The molecule has 5 rings (SSSR count). The van der Waals surface area contributed by atoms with Crippen LogP contribution in [0.2, 0.25) is 0 Å². The van der Waals surface area contributed by atoms with Gasteiger partial charge in [0, 0.05) is 23.8 Å². The van der Waals surface area contributed by atoms with Crippen LogP contribution in [0.15, 0.2) is 59.4 Å². The van der Waals surface area contributed by atoms with E-state index in [0.717, 1.165) is 0 Å². The number of Topliss-reactive ketones (excluding diaryl/α,β-unsaturated/α-hetero) is 3. The summed E-state index contributed by atoms with van der Waals surface area (Å²) in [6.07, 6.45) is -0.785. The molecule has 10 heteroatoms. The molecular weight excluding hydrogens is 494 g/mol. The van der Waals surface area contributed by atoms with Crippen LogP contribution in [-0.2, 0) is 14.4 Å². The predicted molar refractivity (Wildman–Crippen MR) is 133 cm³/mol. The van der Waals surface area contributed by atoms with Crippen molar-refractivity contribution in [1.82, 2.24) is 0 Å². The number of carbonyl (C=O) groups is 4. The second-order valence-corrected chi connectivity index (χ2v) is 9.63. The maximum absolute atomic E-state index is 13.8. The molecule has 1 amide bonds. The second-order valence-electron chi connectivity index (χ2n) is 9.63. The number of carbonyl (C=O) groups excluding carboxylic acids is 4. The van der Waals surface area contributed by atoms with Crippen molar-refractivity contribution < 1.29 is 44.7 Å². The molecule has 3 aliphatic rings. The monoisotopic (exact) mass is 517 g/mol. The number of hydrogen-bond donors (Lipinski definition) is 6. The van der Waals surface area contributed by atoms with Crippen molar-refractivity contribution in [3.8, 4) is 5.75 Å². The van der Waals surface area contributed by atoms with E-state index in [0.29, 0.717) is 11.1 Å². The Labute approximate surface area is 215 Å². The first-order valence-corrected chi connectivity index (χ1v) is 11.7. The van der Waals surface area contributed by atoms with Crippen molar-refractivity contribution in [3.63, 3.8) is 0 Å². The number of amides is 1. The molecule has 0 spiro atoms. The summed E-state index contributed by atoms with van der Waals surface area (Å²) in [4.78, 5) is 50.0. The summed E-state index contributed by atoms with van der Waals surface area (Å²) in [7, 11) is 0. The molecular formula is C28H23NO9. The number of aliphatic hydroxyl groups excluding tert-OH is 3. The molecule has 2 aromatic rings. The highest BCUT2D eigenvalue weighted by atomic mass is 16.4. The van der Waals surface area contributed by atoms with Crippen LogP contribution in [0.3, 0.4) is 0 Å². The minimum Gasteiger partial charge on any atom is -0.508 e. The highest BCUT2D eigenvalue weighted by molar-refractivity contribution is 6.23. The second kappa shape index (κ2) is 8.51. The first kappa shape index (κ1) is 25.1. The molecule has 2 aromatic carbocycles. The Morgan fingerprint density at radius 1 is 1.05 bits per heavy atom. The third-order valence-electron chi connectivity index (χ3n) is 7.54. The quantitative estimate of drug-likeness (QED) is 0.259. The van der Waals surface area contributed by atoms with E-state index in [1.807, 2.05) is 0 Å². The van der Waals surface area contributed by atoms with E-state index >= 15 is 0 Å². The van der Waals surface area contributed by atoms with Crippen molar-refractivity contribution in [3.05, 3.63) is 81.6 Å². The van der Waals surface area contributed by atoms with E-state index in [-0.39, 0.29) is 22.5 Å². The first-order valence-electron chi connectivity index (χ1n) is 11.7. The summed E-state index contributed by atoms with van der Waals surface area (Å²) in [5.41, 5.74) is 2.24.